The highest BCUT2D eigenvalue weighted by Crippen LogP contribution is 2.30. The average molecular weight is 423 g/mol. The molecule has 0 radical (unpaired) electrons. The van der Waals surface area contributed by atoms with Crippen LogP contribution in [-0.4, -0.2) is 45.8 Å². The SMILES string of the molecule is CN(C(=O)c1cccc(-n2nccc2-c2ccccc2)c1)C1CC2CCC(C1)N2.Cl. The molecule has 30 heavy (non-hydrogen) atoms. The molecular weight excluding hydrogens is 396 g/mol. The zero-order valence-corrected chi connectivity index (χ0v) is 17.9. The quantitative estimate of drug-likeness (QED) is 0.681. The lowest BCUT2D eigenvalue weighted by Gasteiger charge is -2.35. The Morgan fingerprint density at radius 3 is 2.50 bits per heavy atom. The number of piperidine rings is 1. The number of hydrogen-bond donors (Lipinski definition) is 1. The molecule has 2 aromatic carbocycles. The standard InChI is InChI=1S/C24H26N4O.ClH/c1-27(22-15-19-10-11-20(16-22)26-19)24(29)18-8-5-9-21(14-18)28-23(12-13-25-28)17-6-3-2-4-7-17;/h2-9,12-14,19-20,22,26H,10-11,15-16H2,1H3;1H. The summed E-state index contributed by atoms with van der Waals surface area (Å²) in [4.78, 5) is 15.2. The van der Waals surface area contributed by atoms with Crippen molar-refractivity contribution in [2.45, 2.75) is 43.8 Å². The molecular formula is C24H27ClN4O. The van der Waals surface area contributed by atoms with E-state index in [0.717, 1.165) is 29.8 Å². The summed E-state index contributed by atoms with van der Waals surface area (Å²) in [5, 5.41) is 8.16. The second-order valence-corrected chi connectivity index (χ2v) is 8.22. The average Bonchev–Trinajstić information content (AvgIpc) is 3.39. The Hall–Kier alpha value is -2.63. The molecule has 0 aliphatic carbocycles. The van der Waals surface area contributed by atoms with Gasteiger partial charge in [-0.1, -0.05) is 36.4 Å². The Kier molecular flexibility index (Phi) is 5.93. The highest BCUT2D eigenvalue weighted by Gasteiger charge is 2.36. The lowest BCUT2D eigenvalue weighted by molar-refractivity contribution is 0.0681. The van der Waals surface area contributed by atoms with Crippen LogP contribution in [-0.2, 0) is 0 Å². The van der Waals surface area contributed by atoms with Crippen molar-refractivity contribution in [3.8, 4) is 16.9 Å². The van der Waals surface area contributed by atoms with Gasteiger partial charge in [-0.05, 0) is 49.9 Å². The molecule has 3 heterocycles. The van der Waals surface area contributed by atoms with Crippen LogP contribution in [0.3, 0.4) is 0 Å². The fraction of sp³-hybridized carbons (Fsp3) is 0.333. The van der Waals surface area contributed by atoms with E-state index in [1.165, 1.54) is 12.8 Å². The van der Waals surface area contributed by atoms with Gasteiger partial charge in [-0.15, -0.1) is 12.4 Å². The van der Waals surface area contributed by atoms with Crippen molar-refractivity contribution in [2.24, 2.45) is 0 Å². The van der Waals surface area contributed by atoms with Crippen LogP contribution in [0.15, 0.2) is 66.9 Å². The van der Waals surface area contributed by atoms with Gasteiger partial charge in [0.25, 0.3) is 5.91 Å². The van der Waals surface area contributed by atoms with E-state index in [9.17, 15) is 4.79 Å². The number of rotatable bonds is 4. The second-order valence-electron chi connectivity index (χ2n) is 8.22. The summed E-state index contributed by atoms with van der Waals surface area (Å²) in [5.74, 6) is 0.0894. The van der Waals surface area contributed by atoms with Gasteiger partial charge in [0.05, 0.1) is 17.6 Å². The first kappa shape index (κ1) is 20.6. The van der Waals surface area contributed by atoms with Crippen LogP contribution in [0.4, 0.5) is 0 Å². The first-order valence-corrected chi connectivity index (χ1v) is 10.4. The van der Waals surface area contributed by atoms with Crippen molar-refractivity contribution in [2.75, 3.05) is 7.05 Å². The molecule has 1 amide bonds. The van der Waals surface area contributed by atoms with Crippen LogP contribution in [0.1, 0.15) is 36.0 Å². The molecule has 2 aliphatic rings. The molecule has 2 aliphatic heterocycles. The molecule has 3 aromatic rings. The van der Waals surface area contributed by atoms with Gasteiger partial charge in [-0.25, -0.2) is 4.68 Å². The molecule has 0 spiro atoms. The molecule has 5 rings (SSSR count). The number of amides is 1. The minimum absolute atomic E-state index is 0. The molecule has 2 atom stereocenters. The Morgan fingerprint density at radius 2 is 1.77 bits per heavy atom. The summed E-state index contributed by atoms with van der Waals surface area (Å²) in [7, 11) is 1.95. The normalized spacial score (nSPS) is 22.4. The number of carbonyl (C=O) groups excluding carboxylic acids is 1. The van der Waals surface area contributed by atoms with E-state index in [0.29, 0.717) is 23.7 Å². The van der Waals surface area contributed by atoms with Crippen molar-refractivity contribution in [3.63, 3.8) is 0 Å². The molecule has 5 nitrogen and oxygen atoms in total. The smallest absolute Gasteiger partial charge is 0.253 e. The number of nitrogens with zero attached hydrogens (tertiary/aromatic N) is 3. The van der Waals surface area contributed by atoms with Gasteiger partial charge in [-0.3, -0.25) is 4.79 Å². The van der Waals surface area contributed by atoms with Gasteiger partial charge < -0.3 is 10.2 Å². The summed E-state index contributed by atoms with van der Waals surface area (Å²) >= 11 is 0. The Bertz CT molecular complexity index is 1010. The summed E-state index contributed by atoms with van der Waals surface area (Å²) in [6, 6.07) is 21.4. The molecule has 0 saturated carbocycles. The fourth-order valence-electron chi connectivity index (χ4n) is 4.82. The molecule has 2 unspecified atom stereocenters. The first-order valence-electron chi connectivity index (χ1n) is 10.4. The number of hydrogen-bond acceptors (Lipinski definition) is 3. The minimum atomic E-state index is 0. The third kappa shape index (κ3) is 3.87. The summed E-state index contributed by atoms with van der Waals surface area (Å²) in [5.41, 5.74) is 3.73. The van der Waals surface area contributed by atoms with E-state index in [1.54, 1.807) is 6.20 Å². The van der Waals surface area contributed by atoms with Gasteiger partial charge in [0.15, 0.2) is 0 Å². The highest BCUT2D eigenvalue weighted by molar-refractivity contribution is 5.94. The summed E-state index contributed by atoms with van der Waals surface area (Å²) in [6.45, 7) is 0. The van der Waals surface area contributed by atoms with Crippen LogP contribution in [0.2, 0.25) is 0 Å². The highest BCUT2D eigenvalue weighted by atomic mass is 35.5. The number of aromatic nitrogens is 2. The van der Waals surface area contributed by atoms with Crippen molar-refractivity contribution in [1.29, 1.82) is 0 Å². The van der Waals surface area contributed by atoms with Crippen molar-refractivity contribution in [1.82, 2.24) is 20.0 Å². The molecule has 2 saturated heterocycles. The van der Waals surface area contributed by atoms with E-state index < -0.39 is 0 Å². The lowest BCUT2D eigenvalue weighted by Crippen LogP contribution is -2.48. The second kappa shape index (κ2) is 8.62. The van der Waals surface area contributed by atoms with E-state index in [-0.39, 0.29) is 18.3 Å². The maximum atomic E-state index is 13.2. The van der Waals surface area contributed by atoms with Gasteiger partial charge in [0.2, 0.25) is 0 Å². The minimum Gasteiger partial charge on any atom is -0.339 e. The number of halogens is 1. The predicted octanol–water partition coefficient (Wildman–Crippen LogP) is 4.32. The molecule has 6 heteroatoms. The molecule has 2 fully saturated rings. The van der Waals surface area contributed by atoms with E-state index >= 15 is 0 Å². The monoisotopic (exact) mass is 422 g/mol. The Labute approximate surface area is 183 Å². The molecule has 1 N–H and O–H groups in total. The number of nitrogens with one attached hydrogen (secondary N) is 1. The third-order valence-electron chi connectivity index (χ3n) is 6.37. The fourth-order valence-corrected chi connectivity index (χ4v) is 4.82. The van der Waals surface area contributed by atoms with Gasteiger partial charge >= 0.3 is 0 Å². The summed E-state index contributed by atoms with van der Waals surface area (Å²) in [6.07, 6.45) is 6.37. The number of carbonyl (C=O) groups is 1. The van der Waals surface area contributed by atoms with Gasteiger partial charge in [-0.2, -0.15) is 5.10 Å². The van der Waals surface area contributed by atoms with Crippen LogP contribution >= 0.6 is 12.4 Å². The van der Waals surface area contributed by atoms with Crippen molar-refractivity contribution < 1.29 is 4.79 Å². The number of benzene rings is 2. The molecule has 2 bridgehead atoms. The summed E-state index contributed by atoms with van der Waals surface area (Å²) < 4.78 is 1.90. The third-order valence-corrected chi connectivity index (χ3v) is 6.37. The number of fused-ring (bicyclic) bond motifs is 2. The lowest BCUT2D eigenvalue weighted by atomic mass is 9.98. The first-order chi connectivity index (χ1) is 14.2. The molecule has 156 valence electrons. The van der Waals surface area contributed by atoms with Gasteiger partial charge in [0, 0.05) is 36.3 Å². The van der Waals surface area contributed by atoms with Crippen molar-refractivity contribution in [3.05, 3.63) is 72.4 Å². The predicted molar refractivity (Wildman–Crippen MR) is 121 cm³/mol. The van der Waals surface area contributed by atoms with Crippen molar-refractivity contribution >= 4 is 18.3 Å². The van der Waals surface area contributed by atoms with Crippen LogP contribution in [0.5, 0.6) is 0 Å². The maximum absolute atomic E-state index is 13.2. The Morgan fingerprint density at radius 1 is 1.03 bits per heavy atom. The van der Waals surface area contributed by atoms with E-state index in [2.05, 4.69) is 22.5 Å². The zero-order valence-electron chi connectivity index (χ0n) is 17.1. The topological polar surface area (TPSA) is 50.2 Å². The zero-order chi connectivity index (χ0) is 19.8. The van der Waals surface area contributed by atoms with E-state index in [4.69, 9.17) is 0 Å². The van der Waals surface area contributed by atoms with Gasteiger partial charge in [0.1, 0.15) is 0 Å². The van der Waals surface area contributed by atoms with Crippen LogP contribution < -0.4 is 5.32 Å². The maximum Gasteiger partial charge on any atom is 0.253 e. The Balaban J connectivity index is 0.00000218. The largest absolute Gasteiger partial charge is 0.339 e. The molecule has 1 aromatic heterocycles. The van der Waals surface area contributed by atoms with E-state index in [1.807, 2.05) is 65.2 Å². The van der Waals surface area contributed by atoms with Crippen LogP contribution in [0.25, 0.3) is 16.9 Å². The van der Waals surface area contributed by atoms with Crippen LogP contribution in [0, 0.1) is 0 Å².